The van der Waals surface area contributed by atoms with Crippen LogP contribution in [-0.2, 0) is 6.42 Å². The third-order valence-electron chi connectivity index (χ3n) is 3.68. The highest BCUT2D eigenvalue weighted by atomic mass is 14.9. The normalized spacial score (nSPS) is 13.3. The largest absolute Gasteiger partial charge is 0.384 e. The van der Waals surface area contributed by atoms with Crippen LogP contribution in [0.15, 0.2) is 36.4 Å². The number of benzene rings is 2. The zero-order valence-electron chi connectivity index (χ0n) is 10.4. The average Bonchev–Trinajstić information content (AvgIpc) is 2.80. The van der Waals surface area contributed by atoms with Gasteiger partial charge in [0.15, 0.2) is 0 Å². The van der Waals surface area contributed by atoms with Crippen LogP contribution in [0.4, 0.5) is 5.69 Å². The van der Waals surface area contributed by atoms with Crippen LogP contribution in [0.2, 0.25) is 0 Å². The van der Waals surface area contributed by atoms with Gasteiger partial charge in [0.05, 0.1) is 0 Å². The second-order valence-electron chi connectivity index (χ2n) is 4.81. The van der Waals surface area contributed by atoms with Gasteiger partial charge in [0, 0.05) is 12.2 Å². The highest BCUT2D eigenvalue weighted by Gasteiger charge is 2.14. The second kappa shape index (κ2) is 3.92. The topological polar surface area (TPSA) is 12.0 Å². The van der Waals surface area contributed by atoms with Crippen LogP contribution in [0.25, 0.3) is 11.1 Å². The van der Waals surface area contributed by atoms with Gasteiger partial charge in [-0.25, -0.2) is 0 Å². The Morgan fingerprint density at radius 3 is 2.71 bits per heavy atom. The van der Waals surface area contributed by atoms with Crippen molar-refractivity contribution in [1.29, 1.82) is 0 Å². The lowest BCUT2D eigenvalue weighted by Gasteiger charge is -2.10. The SMILES string of the molecule is Cc1ccc(-c2cccc3c2CCN3)cc1C. The Morgan fingerprint density at radius 2 is 1.88 bits per heavy atom. The molecule has 3 rings (SSSR count). The molecule has 1 aliphatic rings. The van der Waals surface area contributed by atoms with Gasteiger partial charge < -0.3 is 5.32 Å². The number of aryl methyl sites for hydroxylation is 2. The quantitative estimate of drug-likeness (QED) is 0.772. The summed E-state index contributed by atoms with van der Waals surface area (Å²) in [4.78, 5) is 0. The second-order valence-corrected chi connectivity index (χ2v) is 4.81. The van der Waals surface area contributed by atoms with E-state index in [9.17, 15) is 0 Å². The molecule has 0 radical (unpaired) electrons. The van der Waals surface area contributed by atoms with Gasteiger partial charge in [0.2, 0.25) is 0 Å². The summed E-state index contributed by atoms with van der Waals surface area (Å²) in [6, 6.07) is 13.3. The minimum Gasteiger partial charge on any atom is -0.384 e. The van der Waals surface area contributed by atoms with Crippen LogP contribution < -0.4 is 5.32 Å². The number of nitrogens with one attached hydrogen (secondary N) is 1. The molecule has 2 aromatic carbocycles. The van der Waals surface area contributed by atoms with Gasteiger partial charge in [-0.3, -0.25) is 0 Å². The number of fused-ring (bicyclic) bond motifs is 1. The molecule has 1 N–H and O–H groups in total. The zero-order valence-corrected chi connectivity index (χ0v) is 10.4. The molecule has 2 aromatic rings. The first-order valence-electron chi connectivity index (χ1n) is 6.19. The highest BCUT2D eigenvalue weighted by Crippen LogP contribution is 2.33. The van der Waals surface area contributed by atoms with E-state index in [4.69, 9.17) is 0 Å². The molecule has 0 aromatic heterocycles. The number of rotatable bonds is 1. The minimum atomic E-state index is 1.07. The van der Waals surface area contributed by atoms with E-state index in [1.807, 2.05) is 0 Å². The average molecular weight is 223 g/mol. The molecule has 1 heterocycles. The summed E-state index contributed by atoms with van der Waals surface area (Å²) in [5.41, 5.74) is 8.23. The van der Waals surface area contributed by atoms with Crippen LogP contribution in [0, 0.1) is 13.8 Å². The lowest BCUT2D eigenvalue weighted by atomic mass is 9.95. The molecule has 1 nitrogen and oxygen atoms in total. The number of hydrogen-bond acceptors (Lipinski definition) is 1. The Hall–Kier alpha value is -1.76. The third kappa shape index (κ3) is 1.72. The zero-order chi connectivity index (χ0) is 11.8. The molecule has 0 spiro atoms. The number of hydrogen-bond donors (Lipinski definition) is 1. The molecule has 0 atom stereocenters. The maximum atomic E-state index is 3.44. The van der Waals surface area contributed by atoms with E-state index in [0.29, 0.717) is 0 Å². The van der Waals surface area contributed by atoms with Gasteiger partial charge >= 0.3 is 0 Å². The van der Waals surface area contributed by atoms with Crippen molar-refractivity contribution < 1.29 is 0 Å². The molecule has 0 unspecified atom stereocenters. The van der Waals surface area contributed by atoms with Crippen molar-refractivity contribution in [1.82, 2.24) is 0 Å². The number of anilines is 1. The Labute approximate surface area is 102 Å². The van der Waals surface area contributed by atoms with Crippen molar-refractivity contribution in [3.8, 4) is 11.1 Å². The predicted molar refractivity (Wildman–Crippen MR) is 73.5 cm³/mol. The van der Waals surface area contributed by atoms with Crippen LogP contribution in [0.3, 0.4) is 0 Å². The maximum absolute atomic E-state index is 3.44. The summed E-state index contributed by atoms with van der Waals surface area (Å²) in [6.07, 6.45) is 1.14. The molecule has 0 amide bonds. The van der Waals surface area contributed by atoms with Gasteiger partial charge in [0.25, 0.3) is 0 Å². The molecule has 0 saturated carbocycles. The fraction of sp³-hybridized carbons (Fsp3) is 0.250. The first kappa shape index (κ1) is 10.4. The standard InChI is InChI=1S/C16H17N/c1-11-6-7-13(10-12(11)2)14-4-3-5-16-15(14)8-9-17-16/h3-7,10,17H,8-9H2,1-2H3. The smallest absolute Gasteiger partial charge is 0.0379 e. The Kier molecular flexibility index (Phi) is 2.40. The van der Waals surface area contributed by atoms with Crippen molar-refractivity contribution in [3.05, 3.63) is 53.1 Å². The Bertz CT molecular complexity index is 570. The van der Waals surface area contributed by atoms with Gasteiger partial charge in [0.1, 0.15) is 0 Å². The fourth-order valence-electron chi connectivity index (χ4n) is 2.52. The lowest BCUT2D eigenvalue weighted by Crippen LogP contribution is -1.90. The van der Waals surface area contributed by atoms with Gasteiger partial charge in [-0.2, -0.15) is 0 Å². The molecule has 86 valence electrons. The molecule has 1 heteroatoms. The van der Waals surface area contributed by atoms with Gasteiger partial charge in [-0.05, 0) is 54.2 Å². The summed E-state index contributed by atoms with van der Waals surface area (Å²) in [7, 11) is 0. The van der Waals surface area contributed by atoms with Crippen molar-refractivity contribution in [2.45, 2.75) is 20.3 Å². The predicted octanol–water partition coefficient (Wildman–Crippen LogP) is 3.94. The van der Waals surface area contributed by atoms with Crippen molar-refractivity contribution >= 4 is 5.69 Å². The molecule has 0 bridgehead atoms. The van der Waals surface area contributed by atoms with Crippen molar-refractivity contribution in [3.63, 3.8) is 0 Å². The van der Waals surface area contributed by atoms with E-state index in [1.54, 1.807) is 0 Å². The maximum Gasteiger partial charge on any atom is 0.0379 e. The summed E-state index contributed by atoms with van der Waals surface area (Å²) in [5.74, 6) is 0. The van der Waals surface area contributed by atoms with E-state index in [1.165, 1.54) is 33.5 Å². The first-order chi connectivity index (χ1) is 8.25. The highest BCUT2D eigenvalue weighted by molar-refractivity contribution is 5.76. The Balaban J connectivity index is 2.15. The van der Waals surface area contributed by atoms with E-state index in [2.05, 4.69) is 55.6 Å². The van der Waals surface area contributed by atoms with Crippen LogP contribution in [0.5, 0.6) is 0 Å². The van der Waals surface area contributed by atoms with E-state index < -0.39 is 0 Å². The molecule has 0 fully saturated rings. The fourth-order valence-corrected chi connectivity index (χ4v) is 2.52. The van der Waals surface area contributed by atoms with E-state index >= 15 is 0 Å². The summed E-state index contributed by atoms with van der Waals surface area (Å²) < 4.78 is 0. The van der Waals surface area contributed by atoms with Crippen molar-refractivity contribution in [2.24, 2.45) is 0 Å². The van der Waals surface area contributed by atoms with Crippen molar-refractivity contribution in [2.75, 3.05) is 11.9 Å². The Morgan fingerprint density at radius 1 is 1.00 bits per heavy atom. The molecular weight excluding hydrogens is 206 g/mol. The van der Waals surface area contributed by atoms with Crippen LogP contribution in [-0.4, -0.2) is 6.54 Å². The summed E-state index contributed by atoms with van der Waals surface area (Å²) in [6.45, 7) is 5.41. The summed E-state index contributed by atoms with van der Waals surface area (Å²) >= 11 is 0. The van der Waals surface area contributed by atoms with Gasteiger partial charge in [-0.1, -0.05) is 30.3 Å². The van der Waals surface area contributed by atoms with Crippen LogP contribution >= 0.6 is 0 Å². The van der Waals surface area contributed by atoms with E-state index in [-0.39, 0.29) is 0 Å². The third-order valence-corrected chi connectivity index (χ3v) is 3.68. The lowest BCUT2D eigenvalue weighted by molar-refractivity contribution is 1.11. The molecule has 0 saturated heterocycles. The molecule has 0 aliphatic carbocycles. The summed E-state index contributed by atoms with van der Waals surface area (Å²) in [5, 5.41) is 3.44. The van der Waals surface area contributed by atoms with E-state index in [0.717, 1.165) is 13.0 Å². The molecule has 1 aliphatic heterocycles. The molecule has 17 heavy (non-hydrogen) atoms. The minimum absolute atomic E-state index is 1.07. The van der Waals surface area contributed by atoms with Crippen LogP contribution in [0.1, 0.15) is 16.7 Å². The molecular formula is C16H17N. The monoisotopic (exact) mass is 223 g/mol. The van der Waals surface area contributed by atoms with Gasteiger partial charge in [-0.15, -0.1) is 0 Å². The first-order valence-corrected chi connectivity index (χ1v) is 6.19.